The molecule has 1 saturated heterocycles. The molecule has 1 aliphatic heterocycles. The molecule has 0 N–H and O–H groups in total. The Hall–Kier alpha value is -1.36. The molecule has 1 aromatic rings. The van der Waals surface area contributed by atoms with Gasteiger partial charge in [0.2, 0.25) is 11.8 Å². The average molecular weight is 353 g/mol. The molecule has 0 saturated carbocycles. The van der Waals surface area contributed by atoms with Gasteiger partial charge < -0.3 is 9.80 Å². The van der Waals surface area contributed by atoms with Crippen molar-refractivity contribution in [3.05, 3.63) is 35.9 Å². The third kappa shape index (κ3) is 4.06. The molecule has 2 rings (SSSR count). The summed E-state index contributed by atoms with van der Waals surface area (Å²) in [7, 11) is 0. The number of carbonyl (C=O) groups is 2. The topological polar surface area (TPSA) is 40.6 Å². The Morgan fingerprint density at radius 3 is 2.33 bits per heavy atom. The molecule has 0 aliphatic carbocycles. The molecule has 114 valence electrons. The number of alkyl halides is 1. The number of amides is 2. The number of benzene rings is 1. The molecule has 1 aliphatic rings. The first-order chi connectivity index (χ1) is 10.2. The third-order valence-electron chi connectivity index (χ3n) is 3.75. The minimum atomic E-state index is 0.0462. The molecule has 5 heteroatoms. The van der Waals surface area contributed by atoms with E-state index >= 15 is 0 Å². The molecule has 0 radical (unpaired) electrons. The van der Waals surface area contributed by atoms with Gasteiger partial charge >= 0.3 is 0 Å². The van der Waals surface area contributed by atoms with Crippen LogP contribution in [0.1, 0.15) is 24.8 Å². The lowest BCUT2D eigenvalue weighted by Crippen LogP contribution is -2.54. The molecule has 0 aromatic heterocycles. The fourth-order valence-electron chi connectivity index (χ4n) is 2.58. The highest BCUT2D eigenvalue weighted by Gasteiger charge is 2.30. The molecular weight excluding hydrogens is 332 g/mol. The van der Waals surface area contributed by atoms with Crippen LogP contribution in [-0.2, 0) is 9.59 Å². The summed E-state index contributed by atoms with van der Waals surface area (Å²) in [6, 6.07) is 10.1. The molecule has 1 aromatic carbocycles. The van der Waals surface area contributed by atoms with Crippen molar-refractivity contribution >= 4 is 27.7 Å². The summed E-state index contributed by atoms with van der Waals surface area (Å²) in [5.41, 5.74) is 1.19. The van der Waals surface area contributed by atoms with Gasteiger partial charge in [0.25, 0.3) is 0 Å². The molecular formula is C16H21BrN2O2. The highest BCUT2D eigenvalue weighted by molar-refractivity contribution is 9.09. The van der Waals surface area contributed by atoms with Gasteiger partial charge in [0, 0.05) is 24.3 Å². The maximum absolute atomic E-state index is 12.2. The molecule has 0 spiro atoms. The normalized spacial score (nSPS) is 17.2. The zero-order valence-corrected chi connectivity index (χ0v) is 13.9. The van der Waals surface area contributed by atoms with Gasteiger partial charge in [-0.1, -0.05) is 53.2 Å². The number of piperazine rings is 1. The van der Waals surface area contributed by atoms with E-state index < -0.39 is 0 Å². The lowest BCUT2D eigenvalue weighted by Gasteiger charge is -2.35. The van der Waals surface area contributed by atoms with Crippen LogP contribution in [0.5, 0.6) is 0 Å². The molecule has 1 unspecified atom stereocenters. The van der Waals surface area contributed by atoms with Crippen molar-refractivity contribution in [2.45, 2.75) is 19.3 Å². The summed E-state index contributed by atoms with van der Waals surface area (Å²) in [4.78, 5) is 27.6. The first kappa shape index (κ1) is 16.0. The van der Waals surface area contributed by atoms with Crippen LogP contribution < -0.4 is 0 Å². The molecule has 1 heterocycles. The van der Waals surface area contributed by atoms with Crippen molar-refractivity contribution in [1.82, 2.24) is 9.80 Å². The van der Waals surface area contributed by atoms with E-state index in [1.165, 1.54) is 5.56 Å². The summed E-state index contributed by atoms with van der Waals surface area (Å²) in [6.07, 6.45) is 0.882. The van der Waals surface area contributed by atoms with Crippen molar-refractivity contribution in [3.63, 3.8) is 0 Å². The summed E-state index contributed by atoms with van der Waals surface area (Å²) in [6.45, 7) is 3.69. The van der Waals surface area contributed by atoms with E-state index in [1.807, 2.05) is 25.1 Å². The van der Waals surface area contributed by atoms with E-state index in [4.69, 9.17) is 0 Å². The monoisotopic (exact) mass is 352 g/mol. The zero-order valence-electron chi connectivity index (χ0n) is 12.3. The molecule has 1 fully saturated rings. The predicted molar refractivity (Wildman–Crippen MR) is 86.4 cm³/mol. The number of nitrogens with zero attached hydrogens (tertiary/aromatic N) is 2. The molecule has 1 atom stereocenters. The van der Waals surface area contributed by atoms with Crippen molar-refractivity contribution in [3.8, 4) is 0 Å². The number of hydrogen-bond acceptors (Lipinski definition) is 2. The van der Waals surface area contributed by atoms with Crippen LogP contribution in [0.3, 0.4) is 0 Å². The third-order valence-corrected chi connectivity index (χ3v) is 4.53. The number of carbonyl (C=O) groups excluding carboxylic acids is 2. The number of rotatable bonds is 6. The summed E-state index contributed by atoms with van der Waals surface area (Å²) >= 11 is 3.52. The van der Waals surface area contributed by atoms with Crippen LogP contribution in [0.2, 0.25) is 0 Å². The van der Waals surface area contributed by atoms with E-state index in [2.05, 4.69) is 28.1 Å². The van der Waals surface area contributed by atoms with Gasteiger partial charge in [0.05, 0.1) is 13.1 Å². The van der Waals surface area contributed by atoms with E-state index in [9.17, 15) is 9.59 Å². The van der Waals surface area contributed by atoms with Crippen molar-refractivity contribution < 1.29 is 9.59 Å². The van der Waals surface area contributed by atoms with Crippen LogP contribution in [0.15, 0.2) is 30.3 Å². The first-order valence-corrected chi connectivity index (χ1v) is 8.44. The Bertz CT molecular complexity index is 492. The van der Waals surface area contributed by atoms with E-state index in [-0.39, 0.29) is 30.8 Å². The first-order valence-electron chi connectivity index (χ1n) is 7.32. The van der Waals surface area contributed by atoms with Crippen molar-refractivity contribution in [2.24, 2.45) is 0 Å². The standard InChI is InChI=1S/C16H21BrN2O2/c1-2-8-18-11-16(21)19(12-15(18)20)10-14(9-17)13-6-4-3-5-7-13/h3-7,14H,2,8-12H2,1H3. The van der Waals surface area contributed by atoms with E-state index in [0.717, 1.165) is 11.8 Å². The lowest BCUT2D eigenvalue weighted by atomic mass is 10.0. The average Bonchev–Trinajstić information content (AvgIpc) is 2.50. The second kappa shape index (κ2) is 7.59. The van der Waals surface area contributed by atoms with Gasteiger partial charge in [-0.05, 0) is 12.0 Å². The Kier molecular flexibility index (Phi) is 5.79. The SMILES string of the molecule is CCCN1CC(=O)N(CC(CBr)c2ccccc2)CC1=O. The number of hydrogen-bond donors (Lipinski definition) is 0. The van der Waals surface area contributed by atoms with Gasteiger partial charge in [-0.3, -0.25) is 9.59 Å². The van der Waals surface area contributed by atoms with Crippen LogP contribution in [0.4, 0.5) is 0 Å². The second-order valence-corrected chi connectivity index (χ2v) is 6.00. The summed E-state index contributed by atoms with van der Waals surface area (Å²) in [5, 5.41) is 0.771. The molecule has 2 amide bonds. The van der Waals surface area contributed by atoms with Gasteiger partial charge in [-0.15, -0.1) is 0 Å². The molecule has 4 nitrogen and oxygen atoms in total. The van der Waals surface area contributed by atoms with E-state index in [0.29, 0.717) is 13.1 Å². The van der Waals surface area contributed by atoms with Gasteiger partial charge in [-0.2, -0.15) is 0 Å². The van der Waals surface area contributed by atoms with Crippen molar-refractivity contribution in [2.75, 3.05) is 31.5 Å². The summed E-state index contributed by atoms with van der Waals surface area (Å²) in [5.74, 6) is 0.309. The Morgan fingerprint density at radius 2 is 1.71 bits per heavy atom. The van der Waals surface area contributed by atoms with Gasteiger partial charge in [0.1, 0.15) is 0 Å². The summed E-state index contributed by atoms with van der Waals surface area (Å²) < 4.78 is 0. The smallest absolute Gasteiger partial charge is 0.242 e. The maximum Gasteiger partial charge on any atom is 0.242 e. The minimum Gasteiger partial charge on any atom is -0.332 e. The lowest BCUT2D eigenvalue weighted by molar-refractivity contribution is -0.150. The Balaban J connectivity index is 2.02. The highest BCUT2D eigenvalue weighted by Crippen LogP contribution is 2.20. The Morgan fingerprint density at radius 1 is 1.10 bits per heavy atom. The quantitative estimate of drug-likeness (QED) is 0.736. The fourth-order valence-corrected chi connectivity index (χ4v) is 3.16. The largest absolute Gasteiger partial charge is 0.332 e. The van der Waals surface area contributed by atoms with Crippen LogP contribution in [0.25, 0.3) is 0 Å². The van der Waals surface area contributed by atoms with Gasteiger partial charge in [-0.25, -0.2) is 0 Å². The highest BCUT2D eigenvalue weighted by atomic mass is 79.9. The minimum absolute atomic E-state index is 0.0462. The second-order valence-electron chi connectivity index (χ2n) is 5.35. The van der Waals surface area contributed by atoms with Crippen LogP contribution in [0, 0.1) is 0 Å². The van der Waals surface area contributed by atoms with Crippen LogP contribution in [-0.4, -0.2) is 53.1 Å². The molecule has 21 heavy (non-hydrogen) atoms. The van der Waals surface area contributed by atoms with Crippen molar-refractivity contribution in [1.29, 1.82) is 0 Å². The number of halogens is 1. The van der Waals surface area contributed by atoms with Crippen LogP contribution >= 0.6 is 15.9 Å². The van der Waals surface area contributed by atoms with Gasteiger partial charge in [0.15, 0.2) is 0 Å². The zero-order chi connectivity index (χ0) is 15.2. The fraction of sp³-hybridized carbons (Fsp3) is 0.500. The predicted octanol–water partition coefficient (Wildman–Crippen LogP) is 2.25. The Labute approximate surface area is 134 Å². The molecule has 0 bridgehead atoms. The maximum atomic E-state index is 12.2. The van der Waals surface area contributed by atoms with E-state index in [1.54, 1.807) is 9.80 Å².